The molecule has 100 valence electrons. The number of nitrogens with two attached hydrogens (primary N) is 1. The lowest BCUT2D eigenvalue weighted by Gasteiger charge is -2.15. The van der Waals surface area contributed by atoms with E-state index >= 15 is 0 Å². The van der Waals surface area contributed by atoms with E-state index in [0.717, 1.165) is 17.8 Å². The molecule has 0 spiro atoms. The molecule has 0 radical (unpaired) electrons. The standard InChI is InChI=1S/C14H23N3O/c1-10-5-6-12(9-17(3)4)7-13(10)16-14(18)11(2)8-15/h5-7,11H,8-9,15H2,1-4H3,(H,16,18). The second-order valence-corrected chi connectivity index (χ2v) is 5.01. The second kappa shape index (κ2) is 6.52. The van der Waals surface area contributed by atoms with Gasteiger partial charge in [-0.1, -0.05) is 19.1 Å². The zero-order chi connectivity index (χ0) is 13.7. The van der Waals surface area contributed by atoms with Gasteiger partial charge in [-0.25, -0.2) is 0 Å². The van der Waals surface area contributed by atoms with Gasteiger partial charge in [-0.15, -0.1) is 0 Å². The minimum Gasteiger partial charge on any atom is -0.330 e. The molecule has 0 heterocycles. The Labute approximate surface area is 109 Å². The molecule has 0 fully saturated rings. The Morgan fingerprint density at radius 1 is 1.44 bits per heavy atom. The van der Waals surface area contributed by atoms with Crippen molar-refractivity contribution in [3.05, 3.63) is 29.3 Å². The highest BCUT2D eigenvalue weighted by atomic mass is 16.1. The third-order valence-electron chi connectivity index (χ3n) is 2.86. The molecule has 3 N–H and O–H groups in total. The number of nitrogens with zero attached hydrogens (tertiary/aromatic N) is 1. The first kappa shape index (κ1) is 14.7. The minimum absolute atomic E-state index is 0.0254. The number of rotatable bonds is 5. The molecule has 4 nitrogen and oxygen atoms in total. The van der Waals surface area contributed by atoms with Crippen LogP contribution in [0.1, 0.15) is 18.1 Å². The fourth-order valence-electron chi connectivity index (χ4n) is 1.63. The van der Waals surface area contributed by atoms with Crippen LogP contribution in [0.4, 0.5) is 5.69 Å². The largest absolute Gasteiger partial charge is 0.330 e. The first-order valence-electron chi connectivity index (χ1n) is 6.19. The van der Waals surface area contributed by atoms with Crippen LogP contribution in [-0.4, -0.2) is 31.4 Å². The van der Waals surface area contributed by atoms with Crippen molar-refractivity contribution in [3.8, 4) is 0 Å². The van der Waals surface area contributed by atoms with Crippen molar-refractivity contribution < 1.29 is 4.79 Å². The van der Waals surface area contributed by atoms with E-state index in [-0.39, 0.29) is 11.8 Å². The molecule has 1 atom stereocenters. The molecule has 0 saturated carbocycles. The number of nitrogens with one attached hydrogen (secondary N) is 1. The van der Waals surface area contributed by atoms with Crippen LogP contribution in [0.15, 0.2) is 18.2 Å². The van der Waals surface area contributed by atoms with Crippen molar-refractivity contribution in [1.29, 1.82) is 0 Å². The molecule has 0 aliphatic carbocycles. The number of amides is 1. The Bertz CT molecular complexity index is 416. The third kappa shape index (κ3) is 4.13. The number of carbonyl (C=O) groups is 1. The molecule has 1 rings (SSSR count). The van der Waals surface area contributed by atoms with E-state index in [1.807, 2.05) is 40.1 Å². The van der Waals surface area contributed by atoms with Gasteiger partial charge in [0.2, 0.25) is 5.91 Å². The summed E-state index contributed by atoms with van der Waals surface area (Å²) in [4.78, 5) is 13.9. The Hall–Kier alpha value is -1.39. The van der Waals surface area contributed by atoms with Gasteiger partial charge >= 0.3 is 0 Å². The topological polar surface area (TPSA) is 58.4 Å². The van der Waals surface area contributed by atoms with E-state index in [2.05, 4.69) is 16.3 Å². The van der Waals surface area contributed by atoms with Crippen LogP contribution in [-0.2, 0) is 11.3 Å². The fourth-order valence-corrected chi connectivity index (χ4v) is 1.63. The van der Waals surface area contributed by atoms with E-state index in [9.17, 15) is 4.79 Å². The zero-order valence-corrected chi connectivity index (χ0v) is 11.7. The van der Waals surface area contributed by atoms with E-state index < -0.39 is 0 Å². The summed E-state index contributed by atoms with van der Waals surface area (Å²) >= 11 is 0. The van der Waals surface area contributed by atoms with Gasteiger partial charge in [-0.05, 0) is 38.2 Å². The van der Waals surface area contributed by atoms with Crippen molar-refractivity contribution >= 4 is 11.6 Å². The van der Waals surface area contributed by atoms with Gasteiger partial charge in [0, 0.05) is 24.7 Å². The van der Waals surface area contributed by atoms with Gasteiger partial charge in [-0.2, -0.15) is 0 Å². The molecule has 1 aromatic rings. The average molecular weight is 249 g/mol. The number of benzene rings is 1. The number of hydrogen-bond acceptors (Lipinski definition) is 3. The first-order valence-corrected chi connectivity index (χ1v) is 6.19. The van der Waals surface area contributed by atoms with Crippen molar-refractivity contribution in [2.75, 3.05) is 26.0 Å². The lowest BCUT2D eigenvalue weighted by atomic mass is 10.1. The molecule has 1 amide bonds. The lowest BCUT2D eigenvalue weighted by molar-refractivity contribution is -0.119. The zero-order valence-electron chi connectivity index (χ0n) is 11.7. The van der Waals surface area contributed by atoms with Crippen molar-refractivity contribution in [2.24, 2.45) is 11.7 Å². The van der Waals surface area contributed by atoms with Gasteiger partial charge in [0.15, 0.2) is 0 Å². The lowest BCUT2D eigenvalue weighted by Crippen LogP contribution is -2.27. The number of carbonyl (C=O) groups excluding carboxylic acids is 1. The number of aryl methyl sites for hydroxylation is 1. The molecule has 0 aromatic heterocycles. The molecule has 1 unspecified atom stereocenters. The molecule has 4 heteroatoms. The van der Waals surface area contributed by atoms with Crippen LogP contribution in [0.3, 0.4) is 0 Å². The summed E-state index contributed by atoms with van der Waals surface area (Å²) in [7, 11) is 4.04. The Balaban J connectivity index is 2.84. The minimum atomic E-state index is -0.165. The van der Waals surface area contributed by atoms with Crippen molar-refractivity contribution in [1.82, 2.24) is 4.90 Å². The van der Waals surface area contributed by atoms with Gasteiger partial charge in [0.25, 0.3) is 0 Å². The molecule has 0 aliphatic heterocycles. The van der Waals surface area contributed by atoms with Crippen LogP contribution >= 0.6 is 0 Å². The van der Waals surface area contributed by atoms with E-state index in [0.29, 0.717) is 6.54 Å². The van der Waals surface area contributed by atoms with E-state index in [1.54, 1.807) is 0 Å². The smallest absolute Gasteiger partial charge is 0.228 e. The van der Waals surface area contributed by atoms with Crippen LogP contribution < -0.4 is 11.1 Å². The van der Waals surface area contributed by atoms with Gasteiger partial charge in [0.05, 0.1) is 0 Å². The maximum Gasteiger partial charge on any atom is 0.228 e. The van der Waals surface area contributed by atoms with Crippen molar-refractivity contribution in [2.45, 2.75) is 20.4 Å². The van der Waals surface area contributed by atoms with Crippen LogP contribution in [0.25, 0.3) is 0 Å². The van der Waals surface area contributed by atoms with E-state index in [1.165, 1.54) is 5.56 Å². The maximum atomic E-state index is 11.8. The molecule has 0 aliphatic rings. The first-order chi connectivity index (χ1) is 8.43. The molecule has 0 saturated heterocycles. The predicted molar refractivity (Wildman–Crippen MR) is 75.4 cm³/mol. The SMILES string of the molecule is Cc1ccc(CN(C)C)cc1NC(=O)C(C)CN. The van der Waals surface area contributed by atoms with Crippen LogP contribution in [0, 0.1) is 12.8 Å². The summed E-state index contributed by atoms with van der Waals surface area (Å²) in [5.74, 6) is -0.190. The maximum absolute atomic E-state index is 11.8. The fraction of sp³-hybridized carbons (Fsp3) is 0.500. The molecular formula is C14H23N3O. The second-order valence-electron chi connectivity index (χ2n) is 5.01. The van der Waals surface area contributed by atoms with Gasteiger partial charge in [-0.3, -0.25) is 4.79 Å². The van der Waals surface area contributed by atoms with Crippen LogP contribution in [0.5, 0.6) is 0 Å². The highest BCUT2D eigenvalue weighted by Crippen LogP contribution is 2.18. The predicted octanol–water partition coefficient (Wildman–Crippen LogP) is 1.59. The molecule has 1 aromatic carbocycles. The summed E-state index contributed by atoms with van der Waals surface area (Å²) in [6.45, 7) is 5.04. The Kier molecular flexibility index (Phi) is 5.31. The average Bonchev–Trinajstić information content (AvgIpc) is 2.31. The number of anilines is 1. The summed E-state index contributed by atoms with van der Waals surface area (Å²) in [6, 6.07) is 6.13. The summed E-state index contributed by atoms with van der Waals surface area (Å²) in [5.41, 5.74) is 8.61. The molecule has 0 bridgehead atoms. The van der Waals surface area contributed by atoms with Gasteiger partial charge in [0.1, 0.15) is 0 Å². The van der Waals surface area contributed by atoms with Crippen molar-refractivity contribution in [3.63, 3.8) is 0 Å². The Morgan fingerprint density at radius 3 is 2.67 bits per heavy atom. The molecule has 18 heavy (non-hydrogen) atoms. The van der Waals surface area contributed by atoms with Gasteiger partial charge < -0.3 is 16.0 Å². The molecular weight excluding hydrogens is 226 g/mol. The summed E-state index contributed by atoms with van der Waals surface area (Å²) in [6.07, 6.45) is 0. The van der Waals surface area contributed by atoms with Crippen LogP contribution in [0.2, 0.25) is 0 Å². The van der Waals surface area contributed by atoms with E-state index in [4.69, 9.17) is 5.73 Å². The number of hydrogen-bond donors (Lipinski definition) is 2. The summed E-state index contributed by atoms with van der Waals surface area (Å²) in [5, 5.41) is 2.94. The highest BCUT2D eigenvalue weighted by molar-refractivity contribution is 5.93. The highest BCUT2D eigenvalue weighted by Gasteiger charge is 2.12. The Morgan fingerprint density at radius 2 is 2.11 bits per heavy atom. The normalized spacial score (nSPS) is 12.6. The quantitative estimate of drug-likeness (QED) is 0.833. The third-order valence-corrected chi connectivity index (χ3v) is 2.86. The summed E-state index contributed by atoms with van der Waals surface area (Å²) < 4.78 is 0. The monoisotopic (exact) mass is 249 g/mol.